The molecule has 2 aliphatic heterocycles. The van der Waals surface area contributed by atoms with E-state index in [9.17, 15) is 35.7 Å². The topological polar surface area (TPSA) is 169 Å². The third-order valence-electron chi connectivity index (χ3n) is 4.19. The van der Waals surface area contributed by atoms with Crippen molar-refractivity contribution in [3.8, 4) is 0 Å². The molecule has 2 fully saturated rings. The van der Waals surface area contributed by atoms with E-state index in [1.807, 2.05) is 0 Å². The number of hydrogen-bond acceptors (Lipinski definition) is 11. The molecule has 10 atom stereocenters. The van der Waals surface area contributed by atoms with Gasteiger partial charge in [-0.2, -0.15) is 0 Å². The molecule has 0 spiro atoms. The van der Waals surface area contributed by atoms with Crippen molar-refractivity contribution >= 4 is 11.8 Å². The van der Waals surface area contributed by atoms with E-state index in [2.05, 4.69) is 0 Å². The van der Waals surface area contributed by atoms with Gasteiger partial charge in [-0.1, -0.05) is 0 Å². The molecule has 2 saturated heterocycles. The zero-order valence-corrected chi connectivity index (χ0v) is 13.8. The lowest BCUT2D eigenvalue weighted by atomic mass is 10.0. The predicted octanol–water partition coefficient (Wildman–Crippen LogP) is -4.03. The summed E-state index contributed by atoms with van der Waals surface area (Å²) < 4.78 is 15.6. The fraction of sp³-hybridized carbons (Fsp3) is 1.00. The van der Waals surface area contributed by atoms with Crippen LogP contribution in [0.25, 0.3) is 0 Å². The second-order valence-corrected chi connectivity index (χ2v) is 7.02. The molecular weight excluding hydrogens is 348 g/mol. The van der Waals surface area contributed by atoms with Crippen molar-refractivity contribution in [3.63, 3.8) is 0 Å². The van der Waals surface area contributed by atoms with Crippen LogP contribution in [0.5, 0.6) is 0 Å². The molecule has 0 aliphatic carbocycles. The highest BCUT2D eigenvalue weighted by Gasteiger charge is 2.50. The Kier molecular flexibility index (Phi) is 7.22. The van der Waals surface area contributed by atoms with Crippen LogP contribution in [0.2, 0.25) is 0 Å². The van der Waals surface area contributed by atoms with E-state index < -0.39 is 72.9 Å². The Balaban J connectivity index is 2.12. The Hall–Kier alpha value is -0.0500. The maximum atomic E-state index is 10.3. The lowest BCUT2D eigenvalue weighted by molar-refractivity contribution is -0.260. The Morgan fingerprint density at radius 2 is 1.42 bits per heavy atom. The summed E-state index contributed by atoms with van der Waals surface area (Å²) in [4.78, 5) is 0. The summed E-state index contributed by atoms with van der Waals surface area (Å²) in [6, 6.07) is 0. The number of aliphatic hydroxyl groups is 7. The van der Waals surface area contributed by atoms with E-state index in [-0.39, 0.29) is 0 Å². The van der Waals surface area contributed by atoms with Crippen LogP contribution in [0.1, 0.15) is 0 Å². The third kappa shape index (κ3) is 3.86. The summed E-state index contributed by atoms with van der Waals surface area (Å²) in [7, 11) is 1.28. The zero-order chi connectivity index (χ0) is 18.0. The van der Waals surface area contributed by atoms with Gasteiger partial charge >= 0.3 is 0 Å². The van der Waals surface area contributed by atoms with Crippen molar-refractivity contribution in [1.29, 1.82) is 0 Å². The fourth-order valence-electron chi connectivity index (χ4n) is 2.75. The molecular formula is C13H24O10S. The van der Waals surface area contributed by atoms with Gasteiger partial charge in [0.25, 0.3) is 0 Å². The van der Waals surface area contributed by atoms with Crippen LogP contribution in [-0.2, 0) is 14.2 Å². The van der Waals surface area contributed by atoms with Gasteiger partial charge in [-0.15, -0.1) is 11.8 Å². The van der Waals surface area contributed by atoms with Crippen molar-refractivity contribution in [2.45, 2.75) is 59.7 Å². The van der Waals surface area contributed by atoms with E-state index in [1.54, 1.807) is 0 Å². The van der Waals surface area contributed by atoms with E-state index in [1.165, 1.54) is 7.11 Å². The van der Waals surface area contributed by atoms with Crippen LogP contribution in [0.4, 0.5) is 0 Å². The highest BCUT2D eigenvalue weighted by molar-refractivity contribution is 8.00. The zero-order valence-electron chi connectivity index (χ0n) is 13.0. The van der Waals surface area contributed by atoms with Crippen molar-refractivity contribution in [2.24, 2.45) is 0 Å². The van der Waals surface area contributed by atoms with Gasteiger partial charge in [0.05, 0.1) is 30.7 Å². The molecule has 142 valence electrons. The van der Waals surface area contributed by atoms with Gasteiger partial charge in [0.2, 0.25) is 0 Å². The Morgan fingerprint density at radius 3 is 1.96 bits per heavy atom. The van der Waals surface area contributed by atoms with E-state index >= 15 is 0 Å². The second-order valence-electron chi connectivity index (χ2n) is 5.74. The minimum absolute atomic E-state index is 0.487. The first-order chi connectivity index (χ1) is 11.3. The number of ether oxygens (including phenoxy) is 3. The van der Waals surface area contributed by atoms with Crippen molar-refractivity contribution in [3.05, 3.63) is 0 Å². The Morgan fingerprint density at radius 1 is 0.792 bits per heavy atom. The molecule has 0 amide bonds. The SMILES string of the molecule is COC1O[C@H](CO)[C@@H](S[C@@H]2O[C@H](CO)[C@H](O)[C@H](O)[C@H]2O)[C@H](O)[C@H]1O. The molecule has 0 saturated carbocycles. The molecule has 0 radical (unpaired) electrons. The van der Waals surface area contributed by atoms with Gasteiger partial charge in [-0.3, -0.25) is 0 Å². The largest absolute Gasteiger partial charge is 0.394 e. The van der Waals surface area contributed by atoms with Crippen molar-refractivity contribution in [1.82, 2.24) is 0 Å². The van der Waals surface area contributed by atoms with Crippen molar-refractivity contribution < 1.29 is 50.0 Å². The highest BCUT2D eigenvalue weighted by atomic mass is 32.2. The van der Waals surface area contributed by atoms with E-state index in [4.69, 9.17) is 14.2 Å². The van der Waals surface area contributed by atoms with Crippen LogP contribution >= 0.6 is 11.8 Å². The van der Waals surface area contributed by atoms with Crippen LogP contribution in [0.3, 0.4) is 0 Å². The molecule has 2 heterocycles. The van der Waals surface area contributed by atoms with Crippen molar-refractivity contribution in [2.75, 3.05) is 20.3 Å². The monoisotopic (exact) mass is 372 g/mol. The lowest BCUT2D eigenvalue weighted by Gasteiger charge is -2.45. The van der Waals surface area contributed by atoms with Crippen LogP contribution in [0.15, 0.2) is 0 Å². The smallest absolute Gasteiger partial charge is 0.186 e. The number of thioether (sulfide) groups is 1. The quantitative estimate of drug-likeness (QED) is 0.251. The molecule has 11 heteroatoms. The molecule has 2 rings (SSSR count). The average molecular weight is 372 g/mol. The molecule has 10 nitrogen and oxygen atoms in total. The van der Waals surface area contributed by atoms with Gasteiger partial charge in [-0.05, 0) is 0 Å². The summed E-state index contributed by atoms with van der Waals surface area (Å²) in [5.74, 6) is 0. The van der Waals surface area contributed by atoms with E-state index in [0.29, 0.717) is 0 Å². The summed E-state index contributed by atoms with van der Waals surface area (Å²) in [5.41, 5.74) is -1.12. The molecule has 0 aromatic rings. The molecule has 0 bridgehead atoms. The molecule has 24 heavy (non-hydrogen) atoms. The third-order valence-corrected chi connectivity index (χ3v) is 5.75. The number of hydrogen-bond donors (Lipinski definition) is 7. The van der Waals surface area contributed by atoms with Crippen LogP contribution in [0, 0.1) is 0 Å². The molecule has 7 N–H and O–H groups in total. The molecule has 2 aliphatic rings. The lowest BCUT2D eigenvalue weighted by Crippen LogP contribution is -2.61. The maximum Gasteiger partial charge on any atom is 0.186 e. The number of rotatable bonds is 5. The Bertz CT molecular complexity index is 397. The predicted molar refractivity (Wildman–Crippen MR) is 79.9 cm³/mol. The first-order valence-corrected chi connectivity index (χ1v) is 8.41. The van der Waals surface area contributed by atoms with Gasteiger partial charge in [0, 0.05) is 7.11 Å². The second kappa shape index (κ2) is 8.56. The van der Waals surface area contributed by atoms with Gasteiger partial charge < -0.3 is 50.0 Å². The Labute approximate surface area is 142 Å². The first kappa shape index (κ1) is 20.3. The summed E-state index contributed by atoms with van der Waals surface area (Å²) in [5, 5.41) is 67.6. The minimum atomic E-state index is -1.56. The van der Waals surface area contributed by atoms with Gasteiger partial charge in [0.1, 0.15) is 36.0 Å². The summed E-state index contributed by atoms with van der Waals surface area (Å²) in [6.07, 6.45) is -10.4. The molecule has 0 aromatic heterocycles. The molecule has 1 unspecified atom stereocenters. The van der Waals surface area contributed by atoms with Crippen LogP contribution in [-0.4, -0.2) is 116 Å². The highest BCUT2D eigenvalue weighted by Crippen LogP contribution is 2.37. The summed E-state index contributed by atoms with van der Waals surface area (Å²) >= 11 is 0.827. The van der Waals surface area contributed by atoms with Gasteiger partial charge in [0.15, 0.2) is 6.29 Å². The first-order valence-electron chi connectivity index (χ1n) is 7.46. The van der Waals surface area contributed by atoms with E-state index in [0.717, 1.165) is 11.8 Å². The number of aliphatic hydroxyl groups excluding tert-OH is 7. The maximum absolute atomic E-state index is 10.3. The molecule has 0 aromatic carbocycles. The standard InChI is InChI=1S/C13H24O10S/c1-21-12-9(19)8(18)11(5(3-15)22-12)24-13-10(20)7(17)6(16)4(2-14)23-13/h4-20H,2-3H2,1H3/t4-,5-,6+,7+,8-,9-,10-,11-,12?,13+/m1/s1. The number of methoxy groups -OCH3 is 1. The minimum Gasteiger partial charge on any atom is -0.394 e. The average Bonchev–Trinajstić information content (AvgIpc) is 2.59. The van der Waals surface area contributed by atoms with Crippen LogP contribution < -0.4 is 0 Å². The summed E-state index contributed by atoms with van der Waals surface area (Å²) in [6.45, 7) is -1.07. The normalized spacial score (nSPS) is 50.0. The van der Waals surface area contributed by atoms with Gasteiger partial charge in [-0.25, -0.2) is 0 Å². The fourth-order valence-corrected chi connectivity index (χ4v) is 4.24.